The number of aryl methyl sites for hydroxylation is 3. The molecular weight excluding hydrogens is 314 g/mol. The second-order valence-electron chi connectivity index (χ2n) is 6.56. The number of hydrogen-bond donors (Lipinski definition) is 0. The first kappa shape index (κ1) is 17.2. The highest BCUT2D eigenvalue weighted by Gasteiger charge is 2.36. The van der Waals surface area contributed by atoms with Crippen LogP contribution >= 0.6 is 0 Å². The lowest BCUT2D eigenvalue weighted by molar-refractivity contribution is -0.114. The van der Waals surface area contributed by atoms with E-state index in [1.165, 1.54) is 11.1 Å². The molecule has 0 atom stereocenters. The smallest absolute Gasteiger partial charge is 0.299 e. The average Bonchev–Trinajstić information content (AvgIpc) is 2.84. The number of fused-ring (bicyclic) bond motifs is 1. The maximum Gasteiger partial charge on any atom is 0.299 e. The van der Waals surface area contributed by atoms with E-state index in [0.29, 0.717) is 18.7 Å². The molecule has 0 unspecified atom stereocenters. The van der Waals surface area contributed by atoms with Crippen LogP contribution in [0.25, 0.3) is 0 Å². The summed E-state index contributed by atoms with van der Waals surface area (Å²) in [4.78, 5) is 25.9. The molecule has 0 N–H and O–H groups in total. The van der Waals surface area contributed by atoms with Gasteiger partial charge in [0, 0.05) is 6.54 Å². The van der Waals surface area contributed by atoms with E-state index >= 15 is 0 Å². The number of carbonyl (C=O) groups is 2. The quantitative estimate of drug-likeness (QED) is 0.591. The summed E-state index contributed by atoms with van der Waals surface area (Å²) in [5, 5.41) is 0. The summed E-state index contributed by atoms with van der Waals surface area (Å²) >= 11 is 0. The first-order valence-corrected chi connectivity index (χ1v) is 8.65. The molecule has 0 fully saturated rings. The summed E-state index contributed by atoms with van der Waals surface area (Å²) in [6.07, 6.45) is 1.61. The van der Waals surface area contributed by atoms with Crippen LogP contribution in [0.3, 0.4) is 0 Å². The van der Waals surface area contributed by atoms with Gasteiger partial charge in [-0.05, 0) is 68.5 Å². The molecule has 1 amide bonds. The zero-order chi connectivity index (χ0) is 18.0. The molecule has 0 spiro atoms. The number of ether oxygens (including phenoxy) is 1. The zero-order valence-electron chi connectivity index (χ0n) is 15.0. The van der Waals surface area contributed by atoms with E-state index in [1.807, 2.05) is 31.2 Å². The molecule has 0 aliphatic carbocycles. The van der Waals surface area contributed by atoms with Gasteiger partial charge >= 0.3 is 0 Å². The molecule has 25 heavy (non-hydrogen) atoms. The Bertz CT molecular complexity index is 826. The standard InChI is InChI=1S/C21H23NO3/c1-14-9-10-17(13-16(14)3)25-12-5-4-11-22-19-15(2)7-6-8-18(19)20(23)21(22)24/h6-10,13H,4-5,11-12H2,1-3H3. The van der Waals surface area contributed by atoms with E-state index in [9.17, 15) is 9.59 Å². The lowest BCUT2D eigenvalue weighted by Crippen LogP contribution is -2.31. The van der Waals surface area contributed by atoms with Crippen LogP contribution in [0.4, 0.5) is 5.69 Å². The molecule has 0 saturated carbocycles. The van der Waals surface area contributed by atoms with Crippen LogP contribution in [0.2, 0.25) is 0 Å². The van der Waals surface area contributed by atoms with Crippen molar-refractivity contribution in [2.75, 3.05) is 18.1 Å². The van der Waals surface area contributed by atoms with Gasteiger partial charge < -0.3 is 9.64 Å². The molecule has 1 aliphatic rings. The van der Waals surface area contributed by atoms with Gasteiger partial charge in [0.15, 0.2) is 0 Å². The molecule has 3 rings (SSSR count). The number of nitrogens with zero attached hydrogens (tertiary/aromatic N) is 1. The Labute approximate surface area is 148 Å². The van der Waals surface area contributed by atoms with Gasteiger partial charge in [0.1, 0.15) is 5.75 Å². The fourth-order valence-electron chi connectivity index (χ4n) is 3.12. The predicted octanol–water partition coefficient (Wildman–Crippen LogP) is 4.00. The SMILES string of the molecule is Cc1ccc(OCCCCN2C(=O)C(=O)c3cccc(C)c32)cc1C. The minimum Gasteiger partial charge on any atom is -0.494 e. The number of para-hydroxylation sites is 1. The molecule has 0 bridgehead atoms. The Hall–Kier alpha value is -2.62. The summed E-state index contributed by atoms with van der Waals surface area (Å²) in [7, 11) is 0. The molecule has 4 nitrogen and oxygen atoms in total. The van der Waals surface area contributed by atoms with Gasteiger partial charge in [-0.1, -0.05) is 18.2 Å². The topological polar surface area (TPSA) is 46.6 Å². The predicted molar refractivity (Wildman–Crippen MR) is 98.5 cm³/mol. The monoisotopic (exact) mass is 337 g/mol. The van der Waals surface area contributed by atoms with Crippen molar-refractivity contribution in [1.29, 1.82) is 0 Å². The number of hydrogen-bond acceptors (Lipinski definition) is 3. The van der Waals surface area contributed by atoms with Crippen molar-refractivity contribution in [3.05, 3.63) is 58.7 Å². The first-order chi connectivity index (χ1) is 12.0. The molecule has 130 valence electrons. The lowest BCUT2D eigenvalue weighted by atomic mass is 10.1. The number of unbranched alkanes of at least 4 members (excludes halogenated alkanes) is 1. The molecular formula is C21H23NO3. The minimum atomic E-state index is -0.417. The maximum atomic E-state index is 12.2. The second kappa shape index (κ2) is 7.09. The Morgan fingerprint density at radius 2 is 1.72 bits per heavy atom. The minimum absolute atomic E-state index is 0.398. The lowest BCUT2D eigenvalue weighted by Gasteiger charge is -2.18. The number of ketones is 1. The third-order valence-electron chi connectivity index (χ3n) is 4.71. The van der Waals surface area contributed by atoms with E-state index in [-0.39, 0.29) is 0 Å². The van der Waals surface area contributed by atoms with Crippen molar-refractivity contribution in [3.8, 4) is 5.75 Å². The molecule has 1 heterocycles. The molecule has 4 heteroatoms. The Morgan fingerprint density at radius 3 is 2.48 bits per heavy atom. The third kappa shape index (κ3) is 3.43. The summed E-state index contributed by atoms with van der Waals surface area (Å²) in [6.45, 7) is 7.21. The van der Waals surface area contributed by atoms with E-state index in [2.05, 4.69) is 19.9 Å². The first-order valence-electron chi connectivity index (χ1n) is 8.65. The summed E-state index contributed by atoms with van der Waals surface area (Å²) < 4.78 is 5.78. The number of anilines is 1. The summed E-state index contributed by atoms with van der Waals surface area (Å²) in [6, 6.07) is 11.5. The fourth-order valence-corrected chi connectivity index (χ4v) is 3.12. The zero-order valence-corrected chi connectivity index (χ0v) is 15.0. The highest BCUT2D eigenvalue weighted by Crippen LogP contribution is 2.32. The largest absolute Gasteiger partial charge is 0.494 e. The van der Waals surface area contributed by atoms with Crippen LogP contribution in [0.1, 0.15) is 39.9 Å². The van der Waals surface area contributed by atoms with Gasteiger partial charge in [0.25, 0.3) is 11.7 Å². The van der Waals surface area contributed by atoms with Gasteiger partial charge in [-0.15, -0.1) is 0 Å². The third-order valence-corrected chi connectivity index (χ3v) is 4.71. The number of carbonyl (C=O) groups excluding carboxylic acids is 2. The number of rotatable bonds is 6. The maximum absolute atomic E-state index is 12.2. The highest BCUT2D eigenvalue weighted by molar-refractivity contribution is 6.52. The molecule has 1 aliphatic heterocycles. The van der Waals surface area contributed by atoms with Gasteiger partial charge in [-0.2, -0.15) is 0 Å². The molecule has 2 aromatic carbocycles. The van der Waals surface area contributed by atoms with Gasteiger partial charge in [0.05, 0.1) is 17.9 Å². The van der Waals surface area contributed by atoms with Crippen molar-refractivity contribution in [3.63, 3.8) is 0 Å². The van der Waals surface area contributed by atoms with Crippen LogP contribution in [0.15, 0.2) is 36.4 Å². The van der Waals surface area contributed by atoms with Gasteiger partial charge in [-0.3, -0.25) is 9.59 Å². The van der Waals surface area contributed by atoms with E-state index < -0.39 is 11.7 Å². The van der Waals surface area contributed by atoms with Crippen LogP contribution < -0.4 is 9.64 Å². The van der Waals surface area contributed by atoms with Gasteiger partial charge in [0.2, 0.25) is 0 Å². The van der Waals surface area contributed by atoms with E-state index in [4.69, 9.17) is 4.74 Å². The van der Waals surface area contributed by atoms with Crippen LogP contribution in [-0.4, -0.2) is 24.8 Å². The normalized spacial score (nSPS) is 13.3. The Morgan fingerprint density at radius 1 is 0.920 bits per heavy atom. The molecule has 2 aromatic rings. The van der Waals surface area contributed by atoms with Crippen LogP contribution in [0, 0.1) is 20.8 Å². The van der Waals surface area contributed by atoms with E-state index in [1.54, 1.807) is 11.0 Å². The molecule has 0 saturated heterocycles. The summed E-state index contributed by atoms with van der Waals surface area (Å²) in [5.41, 5.74) is 4.72. The van der Waals surface area contributed by atoms with Crippen molar-refractivity contribution >= 4 is 17.4 Å². The number of benzene rings is 2. The number of amides is 1. The Balaban J connectivity index is 1.54. The fraction of sp³-hybridized carbons (Fsp3) is 0.333. The van der Waals surface area contributed by atoms with Crippen LogP contribution in [-0.2, 0) is 4.79 Å². The molecule has 0 aromatic heterocycles. The summed E-state index contributed by atoms with van der Waals surface area (Å²) in [5.74, 6) is 0.0566. The van der Waals surface area contributed by atoms with Crippen molar-refractivity contribution in [2.24, 2.45) is 0 Å². The van der Waals surface area contributed by atoms with Crippen LogP contribution in [0.5, 0.6) is 5.75 Å². The average molecular weight is 337 g/mol. The van der Waals surface area contributed by atoms with E-state index in [0.717, 1.165) is 29.8 Å². The van der Waals surface area contributed by atoms with Crippen molar-refractivity contribution in [2.45, 2.75) is 33.6 Å². The van der Waals surface area contributed by atoms with Gasteiger partial charge in [-0.25, -0.2) is 0 Å². The van der Waals surface area contributed by atoms with Crippen molar-refractivity contribution in [1.82, 2.24) is 0 Å². The number of Topliss-reactive ketones (excluding diaryl/α,β-unsaturated/α-hetero) is 1. The Kier molecular flexibility index (Phi) is 4.88. The van der Waals surface area contributed by atoms with Crippen molar-refractivity contribution < 1.29 is 14.3 Å². The second-order valence-corrected chi connectivity index (χ2v) is 6.56. The highest BCUT2D eigenvalue weighted by atomic mass is 16.5. The molecule has 0 radical (unpaired) electrons.